The Labute approximate surface area is 56.7 Å². The van der Waals surface area contributed by atoms with E-state index in [2.05, 4.69) is 9.97 Å². The molecule has 1 aromatic rings. The molecule has 0 aliphatic heterocycles. The summed E-state index contributed by atoms with van der Waals surface area (Å²) in [5, 5.41) is 0. The van der Waals surface area contributed by atoms with Gasteiger partial charge >= 0.3 is 0 Å². The molecule has 0 amide bonds. The van der Waals surface area contributed by atoms with Gasteiger partial charge < -0.3 is 0 Å². The SMILES string of the molecule is Fc1ncncc1CCl. The van der Waals surface area contributed by atoms with Crippen molar-refractivity contribution in [3.05, 3.63) is 24.0 Å². The number of hydrogen-bond donors (Lipinski definition) is 0. The average Bonchev–Trinajstić information content (AvgIpc) is 1.89. The van der Waals surface area contributed by atoms with Gasteiger partial charge in [0.1, 0.15) is 6.33 Å². The Morgan fingerprint density at radius 1 is 1.67 bits per heavy atom. The van der Waals surface area contributed by atoms with E-state index >= 15 is 0 Å². The molecule has 0 aromatic carbocycles. The molecule has 4 heteroatoms. The lowest BCUT2D eigenvalue weighted by atomic mass is 10.4. The van der Waals surface area contributed by atoms with E-state index < -0.39 is 5.95 Å². The van der Waals surface area contributed by atoms with E-state index in [1.807, 2.05) is 0 Å². The van der Waals surface area contributed by atoms with Crippen molar-refractivity contribution >= 4 is 11.6 Å². The lowest BCUT2D eigenvalue weighted by molar-refractivity contribution is 0.568. The largest absolute Gasteiger partial charge is 0.244 e. The highest BCUT2D eigenvalue weighted by Crippen LogP contribution is 2.03. The van der Waals surface area contributed by atoms with Crippen molar-refractivity contribution < 1.29 is 4.39 Å². The molecule has 0 bridgehead atoms. The Kier molecular flexibility index (Phi) is 1.95. The number of aromatic nitrogens is 2. The van der Waals surface area contributed by atoms with Crippen LogP contribution in [-0.2, 0) is 5.88 Å². The first-order valence-corrected chi connectivity index (χ1v) is 2.88. The molecule has 0 saturated heterocycles. The monoisotopic (exact) mass is 146 g/mol. The minimum absolute atomic E-state index is 0.118. The molecule has 9 heavy (non-hydrogen) atoms. The Balaban J connectivity index is 3.01. The van der Waals surface area contributed by atoms with Gasteiger partial charge in [0.15, 0.2) is 0 Å². The summed E-state index contributed by atoms with van der Waals surface area (Å²) in [5.74, 6) is -0.424. The molecular formula is C5H4ClFN2. The molecule has 0 saturated carbocycles. The summed E-state index contributed by atoms with van der Waals surface area (Å²) in [6, 6.07) is 0. The van der Waals surface area contributed by atoms with Crippen LogP contribution in [0.25, 0.3) is 0 Å². The molecule has 0 aliphatic rings. The van der Waals surface area contributed by atoms with Gasteiger partial charge in [-0.25, -0.2) is 9.97 Å². The van der Waals surface area contributed by atoms with E-state index in [0.29, 0.717) is 5.56 Å². The molecule has 0 spiro atoms. The van der Waals surface area contributed by atoms with Crippen LogP contribution in [0, 0.1) is 5.95 Å². The van der Waals surface area contributed by atoms with Gasteiger partial charge in [-0.05, 0) is 0 Å². The standard InChI is InChI=1S/C5H4ClFN2/c6-1-4-2-8-3-9-5(4)7/h2-3H,1H2. The van der Waals surface area contributed by atoms with Crippen molar-refractivity contribution in [3.63, 3.8) is 0 Å². The molecule has 0 radical (unpaired) electrons. The topological polar surface area (TPSA) is 25.8 Å². The first-order chi connectivity index (χ1) is 4.34. The minimum atomic E-state index is -0.542. The predicted molar refractivity (Wildman–Crippen MR) is 31.5 cm³/mol. The van der Waals surface area contributed by atoms with Gasteiger partial charge in [-0.2, -0.15) is 4.39 Å². The Morgan fingerprint density at radius 2 is 2.44 bits per heavy atom. The highest BCUT2D eigenvalue weighted by Gasteiger charge is 1.98. The number of alkyl halides is 1. The van der Waals surface area contributed by atoms with Crippen LogP contribution in [0.5, 0.6) is 0 Å². The first-order valence-electron chi connectivity index (χ1n) is 2.35. The van der Waals surface area contributed by atoms with Crippen molar-refractivity contribution in [1.82, 2.24) is 9.97 Å². The van der Waals surface area contributed by atoms with Gasteiger partial charge in [0.05, 0.1) is 5.88 Å². The Bertz CT molecular complexity index is 204. The second-order valence-electron chi connectivity index (χ2n) is 1.47. The number of rotatable bonds is 1. The summed E-state index contributed by atoms with van der Waals surface area (Å²) >= 11 is 5.31. The Morgan fingerprint density at radius 3 is 2.89 bits per heavy atom. The number of halogens is 2. The summed E-state index contributed by atoms with van der Waals surface area (Å²) in [4.78, 5) is 6.87. The van der Waals surface area contributed by atoms with Crippen LogP contribution in [0.1, 0.15) is 5.56 Å². The molecule has 1 aromatic heterocycles. The van der Waals surface area contributed by atoms with E-state index in [1.54, 1.807) is 0 Å². The molecule has 1 heterocycles. The van der Waals surface area contributed by atoms with E-state index in [4.69, 9.17) is 11.6 Å². The highest BCUT2D eigenvalue weighted by atomic mass is 35.5. The molecule has 0 N–H and O–H groups in total. The van der Waals surface area contributed by atoms with Crippen molar-refractivity contribution in [2.75, 3.05) is 0 Å². The fourth-order valence-electron chi connectivity index (χ4n) is 0.433. The predicted octanol–water partition coefficient (Wildman–Crippen LogP) is 1.35. The molecular weight excluding hydrogens is 143 g/mol. The molecule has 0 aliphatic carbocycles. The van der Waals surface area contributed by atoms with Crippen LogP contribution in [0.3, 0.4) is 0 Å². The zero-order valence-electron chi connectivity index (χ0n) is 4.51. The fourth-order valence-corrected chi connectivity index (χ4v) is 0.612. The summed E-state index contributed by atoms with van der Waals surface area (Å²) in [6.45, 7) is 0. The maximum absolute atomic E-state index is 12.4. The lowest BCUT2D eigenvalue weighted by Crippen LogP contribution is -1.90. The van der Waals surface area contributed by atoms with Gasteiger partial charge in [-0.3, -0.25) is 0 Å². The molecule has 2 nitrogen and oxygen atoms in total. The number of hydrogen-bond acceptors (Lipinski definition) is 2. The van der Waals surface area contributed by atoms with Crippen LogP contribution in [0.4, 0.5) is 4.39 Å². The second-order valence-corrected chi connectivity index (χ2v) is 1.74. The molecule has 1 rings (SSSR count). The van der Waals surface area contributed by atoms with Gasteiger partial charge in [0.2, 0.25) is 5.95 Å². The zero-order valence-corrected chi connectivity index (χ0v) is 5.27. The summed E-state index contributed by atoms with van der Waals surface area (Å²) < 4.78 is 12.4. The second kappa shape index (κ2) is 2.73. The van der Waals surface area contributed by atoms with Crippen molar-refractivity contribution in [2.45, 2.75) is 5.88 Å². The maximum Gasteiger partial charge on any atom is 0.220 e. The van der Waals surface area contributed by atoms with Gasteiger partial charge in [-0.15, -0.1) is 11.6 Å². The van der Waals surface area contributed by atoms with E-state index in [-0.39, 0.29) is 5.88 Å². The number of nitrogens with zero attached hydrogens (tertiary/aromatic N) is 2. The first kappa shape index (κ1) is 6.42. The summed E-state index contributed by atoms with van der Waals surface area (Å²) in [7, 11) is 0. The van der Waals surface area contributed by atoms with E-state index in [0.717, 1.165) is 6.33 Å². The molecule has 0 fully saturated rings. The van der Waals surface area contributed by atoms with Crippen molar-refractivity contribution in [1.29, 1.82) is 0 Å². The third-order valence-corrected chi connectivity index (χ3v) is 1.16. The Hall–Kier alpha value is -0.700. The quantitative estimate of drug-likeness (QED) is 0.442. The van der Waals surface area contributed by atoms with Crippen molar-refractivity contribution in [2.24, 2.45) is 0 Å². The van der Waals surface area contributed by atoms with E-state index in [9.17, 15) is 4.39 Å². The fraction of sp³-hybridized carbons (Fsp3) is 0.200. The molecule has 48 valence electrons. The van der Waals surface area contributed by atoms with Crippen LogP contribution >= 0.6 is 11.6 Å². The highest BCUT2D eigenvalue weighted by molar-refractivity contribution is 6.17. The normalized spacial score (nSPS) is 9.56. The van der Waals surface area contributed by atoms with Gasteiger partial charge in [0, 0.05) is 11.8 Å². The third kappa shape index (κ3) is 1.36. The smallest absolute Gasteiger partial charge is 0.220 e. The van der Waals surface area contributed by atoms with Crippen LogP contribution in [0.15, 0.2) is 12.5 Å². The zero-order chi connectivity index (χ0) is 6.69. The lowest BCUT2D eigenvalue weighted by Gasteiger charge is -1.91. The maximum atomic E-state index is 12.4. The van der Waals surface area contributed by atoms with Gasteiger partial charge in [0.25, 0.3) is 0 Å². The molecule has 0 atom stereocenters. The van der Waals surface area contributed by atoms with E-state index in [1.165, 1.54) is 6.20 Å². The van der Waals surface area contributed by atoms with Crippen LogP contribution in [0.2, 0.25) is 0 Å². The van der Waals surface area contributed by atoms with Gasteiger partial charge in [-0.1, -0.05) is 0 Å². The van der Waals surface area contributed by atoms with Crippen LogP contribution < -0.4 is 0 Å². The van der Waals surface area contributed by atoms with Crippen LogP contribution in [-0.4, -0.2) is 9.97 Å². The third-order valence-electron chi connectivity index (χ3n) is 0.877. The molecule has 0 unspecified atom stereocenters. The summed E-state index contributed by atoms with van der Waals surface area (Å²) in [6.07, 6.45) is 2.50. The average molecular weight is 147 g/mol. The minimum Gasteiger partial charge on any atom is -0.244 e. The summed E-state index contributed by atoms with van der Waals surface area (Å²) in [5.41, 5.74) is 0.333. The van der Waals surface area contributed by atoms with Crippen molar-refractivity contribution in [3.8, 4) is 0 Å².